The number of benzene rings is 1. The maximum atomic E-state index is 13.5. The van der Waals surface area contributed by atoms with Crippen molar-refractivity contribution in [1.82, 2.24) is 0 Å². The third kappa shape index (κ3) is 2.56. The number of hydrogen-bond acceptors (Lipinski definition) is 3. The van der Waals surface area contributed by atoms with E-state index in [0.29, 0.717) is 5.92 Å². The fraction of sp³-hybridized carbons (Fsp3) is 0.462. The monoisotopic (exact) mass is 234 g/mol. The SMILES string of the molecule is N#Cc1ccc(N2CCC(CCO)C2)cc1F. The van der Waals surface area contributed by atoms with Crippen LogP contribution < -0.4 is 4.90 Å². The third-order valence-corrected chi connectivity index (χ3v) is 3.26. The van der Waals surface area contributed by atoms with Gasteiger partial charge in [0.15, 0.2) is 0 Å². The van der Waals surface area contributed by atoms with Gasteiger partial charge in [0.2, 0.25) is 0 Å². The fourth-order valence-electron chi connectivity index (χ4n) is 2.28. The summed E-state index contributed by atoms with van der Waals surface area (Å²) < 4.78 is 13.5. The van der Waals surface area contributed by atoms with E-state index in [1.165, 1.54) is 12.1 Å². The minimum atomic E-state index is -0.462. The summed E-state index contributed by atoms with van der Waals surface area (Å²) in [6.45, 7) is 1.95. The summed E-state index contributed by atoms with van der Waals surface area (Å²) in [4.78, 5) is 2.10. The standard InChI is InChI=1S/C13H15FN2O/c14-13-7-12(2-1-11(13)8-15)16-5-3-10(9-16)4-6-17/h1-2,7,10,17H,3-6,9H2. The van der Waals surface area contributed by atoms with E-state index in [9.17, 15) is 4.39 Å². The van der Waals surface area contributed by atoms with Crippen LogP contribution in [0.25, 0.3) is 0 Å². The van der Waals surface area contributed by atoms with Gasteiger partial charge in [0.05, 0.1) is 5.56 Å². The lowest BCUT2D eigenvalue weighted by Gasteiger charge is -2.18. The molecular formula is C13H15FN2O. The number of aliphatic hydroxyl groups is 1. The first kappa shape index (κ1) is 11.9. The molecule has 4 heteroatoms. The Morgan fingerprint density at radius 3 is 3.00 bits per heavy atom. The van der Waals surface area contributed by atoms with Gasteiger partial charge in [-0.2, -0.15) is 5.26 Å². The molecule has 1 aromatic rings. The van der Waals surface area contributed by atoms with Crippen LogP contribution in [-0.4, -0.2) is 24.8 Å². The lowest BCUT2D eigenvalue weighted by molar-refractivity contribution is 0.263. The molecule has 1 atom stereocenters. The topological polar surface area (TPSA) is 47.3 Å². The highest BCUT2D eigenvalue weighted by Crippen LogP contribution is 2.26. The van der Waals surface area contributed by atoms with Crippen LogP contribution in [0.1, 0.15) is 18.4 Å². The van der Waals surface area contributed by atoms with Crippen molar-refractivity contribution in [1.29, 1.82) is 5.26 Å². The number of nitriles is 1. The Labute approximate surface area is 100 Å². The zero-order chi connectivity index (χ0) is 12.3. The number of hydrogen-bond donors (Lipinski definition) is 1. The van der Waals surface area contributed by atoms with Gasteiger partial charge in [0, 0.05) is 25.4 Å². The molecule has 90 valence electrons. The molecule has 1 heterocycles. The summed E-state index contributed by atoms with van der Waals surface area (Å²) in [7, 11) is 0. The van der Waals surface area contributed by atoms with E-state index < -0.39 is 5.82 Å². The molecule has 1 saturated heterocycles. The molecular weight excluding hydrogens is 219 g/mol. The molecule has 0 aromatic heterocycles. The zero-order valence-corrected chi connectivity index (χ0v) is 9.56. The number of rotatable bonds is 3. The number of anilines is 1. The molecule has 1 N–H and O–H groups in total. The van der Waals surface area contributed by atoms with E-state index in [1.54, 1.807) is 6.07 Å². The first-order valence-electron chi connectivity index (χ1n) is 5.80. The van der Waals surface area contributed by atoms with E-state index >= 15 is 0 Å². The first-order chi connectivity index (χ1) is 8.24. The molecule has 1 aliphatic rings. The summed E-state index contributed by atoms with van der Waals surface area (Å²) >= 11 is 0. The van der Waals surface area contributed by atoms with Crippen molar-refractivity contribution >= 4 is 5.69 Å². The Hall–Kier alpha value is -1.60. The predicted molar refractivity (Wildman–Crippen MR) is 63.1 cm³/mol. The van der Waals surface area contributed by atoms with Gasteiger partial charge in [-0.25, -0.2) is 4.39 Å². The molecule has 2 rings (SSSR count). The maximum Gasteiger partial charge on any atom is 0.143 e. The average Bonchev–Trinajstić information content (AvgIpc) is 2.78. The lowest BCUT2D eigenvalue weighted by Crippen LogP contribution is -2.20. The van der Waals surface area contributed by atoms with Crippen molar-refractivity contribution in [3.8, 4) is 6.07 Å². The molecule has 0 bridgehead atoms. The van der Waals surface area contributed by atoms with Crippen molar-refractivity contribution in [2.75, 3.05) is 24.6 Å². The van der Waals surface area contributed by atoms with Crippen LogP contribution in [0.2, 0.25) is 0 Å². The normalized spacial score (nSPS) is 19.4. The van der Waals surface area contributed by atoms with Crippen molar-refractivity contribution in [2.45, 2.75) is 12.8 Å². The number of nitrogens with zero attached hydrogens (tertiary/aromatic N) is 2. The quantitative estimate of drug-likeness (QED) is 0.869. The maximum absolute atomic E-state index is 13.5. The van der Waals surface area contributed by atoms with Crippen LogP contribution >= 0.6 is 0 Å². The minimum Gasteiger partial charge on any atom is -0.396 e. The van der Waals surface area contributed by atoms with Gasteiger partial charge in [0.25, 0.3) is 0 Å². The van der Waals surface area contributed by atoms with Crippen LogP contribution in [0.15, 0.2) is 18.2 Å². The first-order valence-corrected chi connectivity index (χ1v) is 5.80. The number of aliphatic hydroxyl groups excluding tert-OH is 1. The van der Waals surface area contributed by atoms with Gasteiger partial charge in [-0.3, -0.25) is 0 Å². The summed E-state index contributed by atoms with van der Waals surface area (Å²) in [5.41, 5.74) is 0.904. The highest BCUT2D eigenvalue weighted by atomic mass is 19.1. The second kappa shape index (κ2) is 5.15. The molecule has 0 amide bonds. The predicted octanol–water partition coefficient (Wildman–Crippen LogP) is 1.91. The Kier molecular flexibility index (Phi) is 3.60. The van der Waals surface area contributed by atoms with Crippen molar-refractivity contribution < 1.29 is 9.50 Å². The van der Waals surface area contributed by atoms with E-state index in [2.05, 4.69) is 4.90 Å². The highest BCUT2D eigenvalue weighted by Gasteiger charge is 2.22. The molecule has 1 unspecified atom stereocenters. The average molecular weight is 234 g/mol. The molecule has 17 heavy (non-hydrogen) atoms. The zero-order valence-electron chi connectivity index (χ0n) is 9.56. The second-order valence-corrected chi connectivity index (χ2v) is 4.39. The Morgan fingerprint density at radius 1 is 1.53 bits per heavy atom. The van der Waals surface area contributed by atoms with Crippen molar-refractivity contribution in [3.63, 3.8) is 0 Å². The van der Waals surface area contributed by atoms with Gasteiger partial charge in [-0.05, 0) is 37.0 Å². The van der Waals surface area contributed by atoms with E-state index in [-0.39, 0.29) is 12.2 Å². The van der Waals surface area contributed by atoms with Gasteiger partial charge in [-0.15, -0.1) is 0 Å². The van der Waals surface area contributed by atoms with E-state index in [4.69, 9.17) is 10.4 Å². The molecule has 1 aromatic carbocycles. The summed E-state index contributed by atoms with van der Waals surface area (Å²) in [6.07, 6.45) is 1.83. The molecule has 0 aliphatic carbocycles. The van der Waals surface area contributed by atoms with E-state index in [0.717, 1.165) is 31.6 Å². The van der Waals surface area contributed by atoms with Crippen LogP contribution in [0.3, 0.4) is 0 Å². The molecule has 0 saturated carbocycles. The molecule has 1 fully saturated rings. The molecule has 0 spiro atoms. The van der Waals surface area contributed by atoms with Crippen molar-refractivity contribution in [2.24, 2.45) is 5.92 Å². The second-order valence-electron chi connectivity index (χ2n) is 4.39. The van der Waals surface area contributed by atoms with Crippen molar-refractivity contribution in [3.05, 3.63) is 29.6 Å². The molecule has 0 radical (unpaired) electrons. The summed E-state index contributed by atoms with van der Waals surface area (Å²) in [5, 5.41) is 17.5. The van der Waals surface area contributed by atoms with Gasteiger partial charge < -0.3 is 10.0 Å². The Balaban J connectivity index is 2.09. The smallest absolute Gasteiger partial charge is 0.143 e. The van der Waals surface area contributed by atoms with E-state index in [1.807, 2.05) is 6.07 Å². The Bertz CT molecular complexity index is 442. The highest BCUT2D eigenvalue weighted by molar-refractivity contribution is 5.51. The van der Waals surface area contributed by atoms with Crippen LogP contribution in [0.4, 0.5) is 10.1 Å². The minimum absolute atomic E-state index is 0.0832. The van der Waals surface area contributed by atoms with Crippen LogP contribution in [-0.2, 0) is 0 Å². The Morgan fingerprint density at radius 2 is 2.35 bits per heavy atom. The van der Waals surface area contributed by atoms with Gasteiger partial charge in [0.1, 0.15) is 11.9 Å². The number of halogens is 1. The van der Waals surface area contributed by atoms with Crippen LogP contribution in [0, 0.1) is 23.1 Å². The summed E-state index contributed by atoms with van der Waals surface area (Å²) in [6, 6.07) is 6.53. The van der Waals surface area contributed by atoms with Crippen LogP contribution in [0.5, 0.6) is 0 Å². The lowest BCUT2D eigenvalue weighted by atomic mass is 10.1. The fourth-order valence-corrected chi connectivity index (χ4v) is 2.28. The largest absolute Gasteiger partial charge is 0.396 e. The van der Waals surface area contributed by atoms with Gasteiger partial charge >= 0.3 is 0 Å². The summed E-state index contributed by atoms with van der Waals surface area (Å²) in [5.74, 6) is 0.0225. The third-order valence-electron chi connectivity index (χ3n) is 3.26. The molecule has 3 nitrogen and oxygen atoms in total. The van der Waals surface area contributed by atoms with Gasteiger partial charge in [-0.1, -0.05) is 0 Å². The molecule has 1 aliphatic heterocycles.